The van der Waals surface area contributed by atoms with Crippen LogP contribution in [0, 0.1) is 0 Å². The number of amides is 1. The van der Waals surface area contributed by atoms with Gasteiger partial charge in [0, 0.05) is 6.54 Å². The van der Waals surface area contributed by atoms with Crippen LogP contribution in [0.5, 0.6) is 0 Å². The van der Waals surface area contributed by atoms with E-state index in [1.54, 1.807) is 19.1 Å². The summed E-state index contributed by atoms with van der Waals surface area (Å²) >= 11 is 0. The zero-order valence-corrected chi connectivity index (χ0v) is 15.1. The predicted molar refractivity (Wildman–Crippen MR) is 92.6 cm³/mol. The van der Waals surface area contributed by atoms with Gasteiger partial charge < -0.3 is 10.4 Å². The molecule has 1 aliphatic rings. The number of hydrogen-bond donors (Lipinski definition) is 3. The minimum absolute atomic E-state index is 0.0105. The second kappa shape index (κ2) is 7.97. The summed E-state index contributed by atoms with van der Waals surface area (Å²) in [6.07, 6.45) is 3.43. The Labute approximate surface area is 147 Å². The topological polar surface area (TPSA) is 113 Å². The van der Waals surface area contributed by atoms with Gasteiger partial charge in [-0.05, 0) is 30.5 Å². The molecule has 0 saturated heterocycles. The lowest BCUT2D eigenvalue weighted by molar-refractivity contribution is -0.149. The van der Waals surface area contributed by atoms with Crippen LogP contribution in [0.25, 0.3) is 0 Å². The Morgan fingerprint density at radius 1 is 1.12 bits per heavy atom. The number of hydrogen-bond acceptors (Lipinski definition) is 4. The molecule has 8 heteroatoms. The van der Waals surface area contributed by atoms with Gasteiger partial charge in [-0.15, -0.1) is 0 Å². The Morgan fingerprint density at radius 3 is 2.24 bits per heavy atom. The number of rotatable bonds is 7. The van der Waals surface area contributed by atoms with Crippen LogP contribution in [0.1, 0.15) is 44.6 Å². The number of nitrogens with one attached hydrogen (secondary N) is 2. The lowest BCUT2D eigenvalue weighted by Crippen LogP contribution is -2.55. The number of benzene rings is 1. The average Bonchev–Trinajstić information content (AvgIpc) is 2.56. The lowest BCUT2D eigenvalue weighted by atomic mass is 9.81. The number of sulfonamides is 1. The Hall–Kier alpha value is -1.93. The van der Waals surface area contributed by atoms with E-state index >= 15 is 0 Å². The first-order valence-electron chi connectivity index (χ1n) is 8.42. The summed E-state index contributed by atoms with van der Waals surface area (Å²) in [6.45, 7) is 1.99. The highest BCUT2D eigenvalue weighted by Gasteiger charge is 2.40. The highest BCUT2D eigenvalue weighted by molar-refractivity contribution is 7.89. The standard InChI is InChI=1S/C17H24N2O5S/c1-2-18-25(23,24)14-8-6-13(7-9-14)12-15(20)19-17(16(21)22)10-4-3-5-11-17/h6-9,18H,2-5,10-12H2,1H3,(H,19,20)(H,21,22). The molecular formula is C17H24N2O5S. The SMILES string of the molecule is CCNS(=O)(=O)c1ccc(CC(=O)NC2(C(=O)O)CCCCC2)cc1. The van der Waals surface area contributed by atoms with Gasteiger partial charge in [0.15, 0.2) is 0 Å². The number of carboxylic acids is 1. The Bertz CT molecular complexity index is 722. The van der Waals surface area contributed by atoms with E-state index in [-0.39, 0.29) is 17.2 Å². The zero-order chi connectivity index (χ0) is 18.5. The van der Waals surface area contributed by atoms with E-state index in [1.165, 1.54) is 12.1 Å². The van der Waals surface area contributed by atoms with Crippen molar-refractivity contribution in [2.75, 3.05) is 6.54 Å². The van der Waals surface area contributed by atoms with Gasteiger partial charge in [0.25, 0.3) is 0 Å². The van der Waals surface area contributed by atoms with Crippen LogP contribution in [0.2, 0.25) is 0 Å². The smallest absolute Gasteiger partial charge is 0.329 e. The molecule has 1 aromatic rings. The van der Waals surface area contributed by atoms with E-state index in [1.807, 2.05) is 0 Å². The molecule has 1 aliphatic carbocycles. The van der Waals surface area contributed by atoms with Crippen molar-refractivity contribution in [1.82, 2.24) is 10.0 Å². The third-order valence-corrected chi connectivity index (χ3v) is 5.99. The Balaban J connectivity index is 2.04. The molecule has 1 saturated carbocycles. The fourth-order valence-electron chi connectivity index (χ4n) is 3.10. The molecule has 0 aromatic heterocycles. The van der Waals surface area contributed by atoms with Crippen molar-refractivity contribution in [3.8, 4) is 0 Å². The van der Waals surface area contributed by atoms with Crippen molar-refractivity contribution < 1.29 is 23.1 Å². The largest absolute Gasteiger partial charge is 0.480 e. The zero-order valence-electron chi connectivity index (χ0n) is 14.2. The molecule has 0 bridgehead atoms. The van der Waals surface area contributed by atoms with Gasteiger partial charge in [0.1, 0.15) is 5.54 Å². The fourth-order valence-corrected chi connectivity index (χ4v) is 4.15. The van der Waals surface area contributed by atoms with Crippen LogP contribution in [0.4, 0.5) is 0 Å². The minimum atomic E-state index is -3.53. The van der Waals surface area contributed by atoms with E-state index < -0.39 is 21.5 Å². The van der Waals surface area contributed by atoms with E-state index in [2.05, 4.69) is 10.0 Å². The molecule has 1 fully saturated rings. The first-order chi connectivity index (χ1) is 11.8. The van der Waals surface area contributed by atoms with Gasteiger partial charge >= 0.3 is 5.97 Å². The quantitative estimate of drug-likeness (QED) is 0.674. The maximum atomic E-state index is 12.3. The van der Waals surface area contributed by atoms with Gasteiger partial charge in [0.05, 0.1) is 11.3 Å². The highest BCUT2D eigenvalue weighted by atomic mass is 32.2. The van der Waals surface area contributed by atoms with Crippen molar-refractivity contribution in [2.24, 2.45) is 0 Å². The maximum Gasteiger partial charge on any atom is 0.329 e. The van der Waals surface area contributed by atoms with Crippen LogP contribution in [-0.2, 0) is 26.0 Å². The third-order valence-electron chi connectivity index (χ3n) is 4.43. The Kier molecular flexibility index (Phi) is 6.18. The van der Waals surface area contributed by atoms with Gasteiger partial charge in [-0.2, -0.15) is 0 Å². The van der Waals surface area contributed by atoms with Crippen LogP contribution >= 0.6 is 0 Å². The molecule has 138 valence electrons. The molecule has 0 atom stereocenters. The number of carbonyl (C=O) groups excluding carboxylic acids is 1. The summed E-state index contributed by atoms with van der Waals surface area (Å²) < 4.78 is 26.2. The number of carboxylic acid groups (broad SMARTS) is 1. The second-order valence-corrected chi connectivity index (χ2v) is 8.09. The average molecular weight is 368 g/mol. The molecule has 1 amide bonds. The molecule has 2 rings (SSSR count). The molecule has 3 N–H and O–H groups in total. The molecule has 0 radical (unpaired) electrons. The van der Waals surface area contributed by atoms with Crippen LogP contribution in [0.3, 0.4) is 0 Å². The van der Waals surface area contributed by atoms with E-state index in [9.17, 15) is 23.1 Å². The van der Waals surface area contributed by atoms with Crippen molar-refractivity contribution in [3.63, 3.8) is 0 Å². The highest BCUT2D eigenvalue weighted by Crippen LogP contribution is 2.28. The molecule has 25 heavy (non-hydrogen) atoms. The monoisotopic (exact) mass is 368 g/mol. The minimum Gasteiger partial charge on any atom is -0.480 e. The van der Waals surface area contributed by atoms with Crippen molar-refractivity contribution in [1.29, 1.82) is 0 Å². The number of aliphatic carboxylic acids is 1. The molecular weight excluding hydrogens is 344 g/mol. The van der Waals surface area contributed by atoms with Gasteiger partial charge in [-0.25, -0.2) is 17.9 Å². The first-order valence-corrected chi connectivity index (χ1v) is 9.90. The summed E-state index contributed by atoms with van der Waals surface area (Å²) in [7, 11) is -3.53. The molecule has 0 spiro atoms. The summed E-state index contributed by atoms with van der Waals surface area (Å²) in [6, 6.07) is 6.01. The van der Waals surface area contributed by atoms with E-state index in [4.69, 9.17) is 0 Å². The summed E-state index contributed by atoms with van der Waals surface area (Å²) in [5, 5.41) is 12.2. The molecule has 7 nitrogen and oxygen atoms in total. The maximum absolute atomic E-state index is 12.3. The molecule has 0 heterocycles. The number of carbonyl (C=O) groups is 2. The van der Waals surface area contributed by atoms with Gasteiger partial charge in [-0.3, -0.25) is 4.79 Å². The van der Waals surface area contributed by atoms with Gasteiger partial charge in [0.2, 0.25) is 15.9 Å². The molecule has 0 unspecified atom stereocenters. The normalized spacial score (nSPS) is 17.0. The van der Waals surface area contributed by atoms with Gasteiger partial charge in [-0.1, -0.05) is 38.3 Å². The summed E-state index contributed by atoms with van der Waals surface area (Å²) in [4.78, 5) is 24.0. The van der Waals surface area contributed by atoms with Crippen molar-refractivity contribution in [3.05, 3.63) is 29.8 Å². The van der Waals surface area contributed by atoms with Crippen LogP contribution < -0.4 is 10.0 Å². The molecule has 1 aromatic carbocycles. The Morgan fingerprint density at radius 2 is 1.72 bits per heavy atom. The molecule has 0 aliphatic heterocycles. The van der Waals surface area contributed by atoms with Crippen molar-refractivity contribution in [2.45, 2.75) is 55.9 Å². The fraction of sp³-hybridized carbons (Fsp3) is 0.529. The summed E-state index contributed by atoms with van der Waals surface area (Å²) in [5.41, 5.74) is -0.548. The van der Waals surface area contributed by atoms with Crippen molar-refractivity contribution >= 4 is 21.9 Å². The first kappa shape index (κ1) is 19.4. The van der Waals surface area contributed by atoms with Crippen LogP contribution in [0.15, 0.2) is 29.2 Å². The van der Waals surface area contributed by atoms with E-state index in [0.29, 0.717) is 24.9 Å². The lowest BCUT2D eigenvalue weighted by Gasteiger charge is -2.34. The predicted octanol–water partition coefficient (Wildman–Crippen LogP) is 1.43. The second-order valence-electron chi connectivity index (χ2n) is 6.32. The van der Waals surface area contributed by atoms with E-state index in [0.717, 1.165) is 19.3 Å². The summed E-state index contributed by atoms with van der Waals surface area (Å²) in [5.74, 6) is -1.36. The van der Waals surface area contributed by atoms with Crippen LogP contribution in [-0.4, -0.2) is 37.5 Å². The third kappa shape index (κ3) is 4.79.